The van der Waals surface area contributed by atoms with Crippen LogP contribution in [0.1, 0.15) is 55.5 Å². The molecule has 44 heavy (non-hydrogen) atoms. The third-order valence-corrected chi connectivity index (χ3v) is 9.85. The second-order valence-corrected chi connectivity index (χ2v) is 12.2. The Kier molecular flexibility index (Phi) is 7.75. The van der Waals surface area contributed by atoms with Crippen LogP contribution in [0.2, 0.25) is 0 Å². The van der Waals surface area contributed by atoms with Crippen molar-refractivity contribution in [2.75, 3.05) is 13.6 Å². The molecule has 5 rings (SSSR count). The summed E-state index contributed by atoms with van der Waals surface area (Å²) >= 11 is 0. The number of piperazine rings is 1. The van der Waals surface area contributed by atoms with Gasteiger partial charge in [-0.3, -0.25) is 29.0 Å². The molecule has 3 N–H and O–H groups in total. The van der Waals surface area contributed by atoms with Gasteiger partial charge in [0.05, 0.1) is 18.2 Å². The molecule has 6 atom stereocenters. The normalized spacial score (nSPS) is 27.7. The maximum Gasteiger partial charge on any atom is 0.471 e. The van der Waals surface area contributed by atoms with Crippen LogP contribution in [0, 0.1) is 25.2 Å². The Hall–Kier alpha value is -4.02. The van der Waals surface area contributed by atoms with Gasteiger partial charge in [-0.2, -0.15) is 18.4 Å². The fraction of sp³-hybridized carbons (Fsp3) is 0.516. The molecule has 1 fully saturated rings. The Morgan fingerprint density at radius 3 is 2.36 bits per heavy atom. The third-order valence-electron chi connectivity index (χ3n) is 9.85. The van der Waals surface area contributed by atoms with E-state index in [2.05, 4.69) is 11.4 Å². The summed E-state index contributed by atoms with van der Waals surface area (Å²) in [5, 5.41) is 26.1. The molecular weight excluding hydrogens is 579 g/mol. The summed E-state index contributed by atoms with van der Waals surface area (Å²) in [5.41, 5.74) is 4.14. The van der Waals surface area contributed by atoms with Crippen LogP contribution in [-0.2, 0) is 25.6 Å². The minimum atomic E-state index is -5.18. The highest BCUT2D eigenvalue weighted by Crippen LogP contribution is 2.52. The number of Topliss-reactive ketones (excluding diaryl/α,β-unsaturated/α-hetero) is 2. The molecule has 0 radical (unpaired) electrons. The van der Waals surface area contributed by atoms with E-state index in [4.69, 9.17) is 0 Å². The maximum absolute atomic E-state index is 13.8. The lowest BCUT2D eigenvalue weighted by atomic mass is 9.69. The van der Waals surface area contributed by atoms with E-state index in [1.54, 1.807) is 12.2 Å². The van der Waals surface area contributed by atoms with Crippen molar-refractivity contribution >= 4 is 23.4 Å². The number of aryl methyl sites for hydroxylation is 1. The smallest absolute Gasteiger partial charge is 0.471 e. The average molecular weight is 614 g/mol. The van der Waals surface area contributed by atoms with Crippen LogP contribution in [0.5, 0.6) is 5.75 Å². The highest BCUT2D eigenvalue weighted by atomic mass is 19.4. The number of amides is 2. The molecule has 2 bridgehead atoms. The lowest BCUT2D eigenvalue weighted by molar-refractivity contribution is -0.174. The number of phenols is 1. The predicted molar refractivity (Wildman–Crippen MR) is 151 cm³/mol. The fourth-order valence-corrected chi connectivity index (χ4v) is 7.27. The summed E-state index contributed by atoms with van der Waals surface area (Å²) in [6.07, 6.45) is -4.65. The van der Waals surface area contributed by atoms with E-state index in [1.807, 2.05) is 36.8 Å². The van der Waals surface area contributed by atoms with E-state index in [-0.39, 0.29) is 47.3 Å². The molecule has 3 heterocycles. The minimum absolute atomic E-state index is 0.110. The van der Waals surface area contributed by atoms with Crippen LogP contribution >= 0.6 is 0 Å². The quantitative estimate of drug-likeness (QED) is 0.439. The molecule has 1 aromatic rings. The number of alkyl halides is 3. The number of carbonyl (C=O) groups is 4. The standard InChI is InChI=1S/C31H34F3N5O5/c1-12-7-17-8-19-21(10-35)39-20(25(38(19)6)23(17)27(41)13(12)2)9-18-24(28(42)15(4)14(3)26(18)40)22(39)11-36-29(43)16(5)37-30(44)31(32,33)34/h7,16,19-22,25,41H,8-9,11H2,1-6H3,(H,36,43)(H,37,44)/t16-,19-,20?,21-,22-,25-/m0/s1. The Morgan fingerprint density at radius 2 is 1.75 bits per heavy atom. The summed E-state index contributed by atoms with van der Waals surface area (Å²) < 4.78 is 38.4. The molecule has 1 unspecified atom stereocenters. The van der Waals surface area contributed by atoms with Gasteiger partial charge < -0.3 is 15.7 Å². The first-order chi connectivity index (χ1) is 20.5. The van der Waals surface area contributed by atoms with Crippen LogP contribution in [0.25, 0.3) is 0 Å². The number of nitrogens with one attached hydrogen (secondary N) is 2. The second kappa shape index (κ2) is 10.9. The first-order valence-electron chi connectivity index (χ1n) is 14.4. The van der Waals surface area contributed by atoms with Crippen LogP contribution in [0.15, 0.2) is 28.4 Å². The molecule has 10 nitrogen and oxygen atoms in total. The van der Waals surface area contributed by atoms with Crippen LogP contribution < -0.4 is 10.6 Å². The van der Waals surface area contributed by atoms with Gasteiger partial charge in [0, 0.05) is 46.5 Å². The second-order valence-electron chi connectivity index (χ2n) is 12.2. The van der Waals surface area contributed by atoms with Gasteiger partial charge in [0.2, 0.25) is 5.91 Å². The highest BCUT2D eigenvalue weighted by molar-refractivity contribution is 6.25. The number of hydrogen-bond donors (Lipinski definition) is 3. The molecule has 13 heteroatoms. The van der Waals surface area contributed by atoms with Gasteiger partial charge in [-0.25, -0.2) is 0 Å². The predicted octanol–water partition coefficient (Wildman–Crippen LogP) is 2.22. The number of nitrogens with zero attached hydrogens (tertiary/aromatic N) is 3. The zero-order valence-corrected chi connectivity index (χ0v) is 25.2. The Morgan fingerprint density at radius 1 is 1.11 bits per heavy atom. The van der Waals surface area contributed by atoms with Crippen molar-refractivity contribution in [3.63, 3.8) is 0 Å². The molecule has 2 amide bonds. The van der Waals surface area contributed by atoms with Crippen molar-refractivity contribution in [1.82, 2.24) is 20.4 Å². The van der Waals surface area contributed by atoms with Crippen molar-refractivity contribution in [1.29, 1.82) is 5.26 Å². The van der Waals surface area contributed by atoms with Gasteiger partial charge in [0.1, 0.15) is 17.8 Å². The molecule has 0 saturated carbocycles. The number of aromatic hydroxyl groups is 1. The number of rotatable bonds is 4. The lowest BCUT2D eigenvalue weighted by Crippen LogP contribution is -2.71. The van der Waals surface area contributed by atoms with Gasteiger partial charge in [-0.05, 0) is 71.2 Å². The topological polar surface area (TPSA) is 143 Å². The number of carbonyl (C=O) groups excluding carboxylic acids is 4. The van der Waals surface area contributed by atoms with Crippen LogP contribution in [-0.4, -0.2) is 88.3 Å². The van der Waals surface area contributed by atoms with Crippen molar-refractivity contribution in [2.24, 2.45) is 0 Å². The van der Waals surface area contributed by atoms with Crippen molar-refractivity contribution in [2.45, 2.75) is 89.9 Å². The summed E-state index contributed by atoms with van der Waals surface area (Å²) in [6.45, 7) is 7.61. The Bertz CT molecular complexity index is 1610. The largest absolute Gasteiger partial charge is 0.507 e. The molecule has 0 spiro atoms. The van der Waals surface area contributed by atoms with Crippen LogP contribution in [0.3, 0.4) is 0 Å². The first kappa shape index (κ1) is 31.4. The number of likely N-dealkylation sites (N-methyl/N-ethyl adjacent to an activating group) is 1. The average Bonchev–Trinajstić information content (AvgIpc) is 2.96. The van der Waals surface area contributed by atoms with Crippen molar-refractivity contribution in [3.8, 4) is 11.8 Å². The Labute approximate surface area is 252 Å². The number of benzene rings is 1. The third kappa shape index (κ3) is 4.71. The van der Waals surface area contributed by atoms with E-state index in [0.717, 1.165) is 18.1 Å². The van der Waals surface area contributed by atoms with E-state index >= 15 is 0 Å². The zero-order valence-electron chi connectivity index (χ0n) is 25.2. The molecular formula is C31H34F3N5O5. The summed E-state index contributed by atoms with van der Waals surface area (Å²) in [5.74, 6) is -3.79. The summed E-state index contributed by atoms with van der Waals surface area (Å²) in [4.78, 5) is 55.6. The van der Waals surface area contributed by atoms with Gasteiger partial charge in [0.15, 0.2) is 11.6 Å². The molecule has 0 aromatic heterocycles. The number of phenolic OH excluding ortho intramolecular Hbond substituents is 1. The molecule has 1 aromatic carbocycles. The molecule has 3 aliphatic heterocycles. The molecule has 234 valence electrons. The van der Waals surface area contributed by atoms with Gasteiger partial charge in [-0.15, -0.1) is 0 Å². The highest BCUT2D eigenvalue weighted by Gasteiger charge is 2.57. The Balaban J connectivity index is 1.60. The number of fused-ring (bicyclic) bond motifs is 6. The number of halogens is 3. The minimum Gasteiger partial charge on any atom is -0.507 e. The van der Waals surface area contributed by atoms with Crippen molar-refractivity contribution < 1.29 is 37.5 Å². The number of ketones is 2. The first-order valence-corrected chi connectivity index (χ1v) is 14.4. The number of allylic oxidation sites excluding steroid dienone is 2. The maximum atomic E-state index is 13.8. The van der Waals surface area contributed by atoms with E-state index < -0.39 is 54.0 Å². The van der Waals surface area contributed by atoms with Crippen molar-refractivity contribution in [3.05, 3.63) is 50.6 Å². The van der Waals surface area contributed by atoms with E-state index in [1.165, 1.54) is 6.92 Å². The van der Waals surface area contributed by atoms with E-state index in [0.29, 0.717) is 23.1 Å². The monoisotopic (exact) mass is 613 g/mol. The molecule has 1 aliphatic carbocycles. The van der Waals surface area contributed by atoms with Gasteiger partial charge in [0.25, 0.3) is 0 Å². The summed E-state index contributed by atoms with van der Waals surface area (Å²) in [6, 6.07) is -0.352. The molecule has 1 saturated heterocycles. The summed E-state index contributed by atoms with van der Waals surface area (Å²) in [7, 11) is 1.86. The zero-order chi connectivity index (χ0) is 32.6. The van der Waals surface area contributed by atoms with Gasteiger partial charge in [-0.1, -0.05) is 6.07 Å². The number of hydrogen-bond acceptors (Lipinski definition) is 8. The fourth-order valence-electron chi connectivity index (χ4n) is 7.27. The SMILES string of the molecule is CC1=C(C)C(=O)C2=C(CC3[C@H]4c5c(cc(C)c(C)c5O)C[C@@H]([C@H](C#N)N3[C@H]2CNC(=O)[C@H](C)NC(=O)C(F)(F)F)N4C)C1=O. The number of nitriles is 1. The molecule has 4 aliphatic rings. The van der Waals surface area contributed by atoms with Crippen LogP contribution in [0.4, 0.5) is 13.2 Å². The lowest BCUT2D eigenvalue weighted by Gasteiger charge is -2.60. The van der Waals surface area contributed by atoms with E-state index in [9.17, 15) is 42.7 Å². The van der Waals surface area contributed by atoms with Gasteiger partial charge >= 0.3 is 12.1 Å².